The Morgan fingerprint density at radius 1 is 1.25 bits per heavy atom. The van der Waals surface area contributed by atoms with E-state index in [0.29, 0.717) is 27.6 Å². The molecular formula is C15H14BrClFNO. The highest BCUT2D eigenvalue weighted by molar-refractivity contribution is 9.10. The Balaban J connectivity index is 2.44. The quantitative estimate of drug-likeness (QED) is 0.801. The lowest BCUT2D eigenvalue weighted by Gasteiger charge is -2.16. The average molecular weight is 359 g/mol. The summed E-state index contributed by atoms with van der Waals surface area (Å²) in [5.41, 5.74) is 7.00. The zero-order chi connectivity index (χ0) is 14.9. The summed E-state index contributed by atoms with van der Waals surface area (Å²) in [5, 5.41) is 0.604. The molecule has 0 aromatic heterocycles. The van der Waals surface area contributed by atoms with Crippen molar-refractivity contribution in [3.63, 3.8) is 0 Å². The Morgan fingerprint density at radius 3 is 2.55 bits per heavy atom. The molecule has 0 saturated heterocycles. The fraction of sp³-hybridized carbons (Fsp3) is 0.200. The van der Waals surface area contributed by atoms with E-state index in [1.807, 2.05) is 0 Å². The first-order valence-corrected chi connectivity index (χ1v) is 7.24. The van der Waals surface area contributed by atoms with Crippen molar-refractivity contribution in [3.05, 3.63) is 56.8 Å². The summed E-state index contributed by atoms with van der Waals surface area (Å²) in [6, 6.07) is 7.94. The number of halogens is 3. The Kier molecular flexibility index (Phi) is 4.68. The highest BCUT2D eigenvalue weighted by atomic mass is 79.9. The molecule has 2 aromatic rings. The number of hydrogen-bond acceptors (Lipinski definition) is 2. The highest BCUT2D eigenvalue weighted by Crippen LogP contribution is 2.35. The SMILES string of the molecule is Cc1cc(Oc2ccc(Cl)cc2Br)c([C@H](C)N)cc1F. The standard InChI is InChI=1S/C15H14BrClFNO/c1-8-5-15(11(9(2)19)7-13(8)18)20-14-4-3-10(17)6-12(14)16/h3-7,9H,19H2,1-2H3/t9-/m0/s1. The maximum Gasteiger partial charge on any atom is 0.141 e. The van der Waals surface area contributed by atoms with Gasteiger partial charge in [0.2, 0.25) is 0 Å². The van der Waals surface area contributed by atoms with Crippen molar-refractivity contribution in [2.45, 2.75) is 19.9 Å². The smallest absolute Gasteiger partial charge is 0.141 e. The Hall–Kier alpha value is -1.10. The zero-order valence-electron chi connectivity index (χ0n) is 11.1. The lowest BCUT2D eigenvalue weighted by Crippen LogP contribution is -2.08. The minimum absolute atomic E-state index is 0.292. The first-order chi connectivity index (χ1) is 9.38. The number of ether oxygens (including phenoxy) is 1. The lowest BCUT2D eigenvalue weighted by molar-refractivity contribution is 0.465. The van der Waals surface area contributed by atoms with Crippen molar-refractivity contribution in [3.8, 4) is 11.5 Å². The number of hydrogen-bond donors (Lipinski definition) is 1. The molecule has 0 unspecified atom stereocenters. The van der Waals surface area contributed by atoms with E-state index < -0.39 is 0 Å². The number of aryl methyl sites for hydroxylation is 1. The molecule has 0 bridgehead atoms. The molecule has 0 saturated carbocycles. The molecule has 106 valence electrons. The molecule has 0 spiro atoms. The van der Waals surface area contributed by atoms with Crippen molar-refractivity contribution in [1.29, 1.82) is 0 Å². The van der Waals surface area contributed by atoms with Crippen LogP contribution in [0.5, 0.6) is 11.5 Å². The largest absolute Gasteiger partial charge is 0.456 e. The van der Waals surface area contributed by atoms with Crippen molar-refractivity contribution in [1.82, 2.24) is 0 Å². The van der Waals surface area contributed by atoms with Crippen molar-refractivity contribution < 1.29 is 9.13 Å². The summed E-state index contributed by atoms with van der Waals surface area (Å²) in [6.07, 6.45) is 0. The van der Waals surface area contributed by atoms with Gasteiger partial charge in [0, 0.05) is 16.6 Å². The second-order valence-corrected chi connectivity index (χ2v) is 5.90. The molecule has 0 fully saturated rings. The van der Waals surface area contributed by atoms with Gasteiger partial charge in [0.15, 0.2) is 0 Å². The molecule has 2 rings (SSSR count). The molecule has 5 heteroatoms. The van der Waals surface area contributed by atoms with Gasteiger partial charge in [-0.05, 0) is 65.7 Å². The summed E-state index contributed by atoms with van der Waals surface area (Å²) in [6.45, 7) is 3.47. The second-order valence-electron chi connectivity index (χ2n) is 4.60. The van der Waals surface area contributed by atoms with Gasteiger partial charge in [0.25, 0.3) is 0 Å². The third kappa shape index (κ3) is 3.32. The van der Waals surface area contributed by atoms with Crippen LogP contribution in [0.1, 0.15) is 24.1 Å². The van der Waals surface area contributed by atoms with E-state index in [1.54, 1.807) is 38.1 Å². The minimum Gasteiger partial charge on any atom is -0.456 e. The molecule has 1 atom stereocenters. The van der Waals surface area contributed by atoms with Gasteiger partial charge in [-0.1, -0.05) is 11.6 Å². The fourth-order valence-corrected chi connectivity index (χ4v) is 2.55. The monoisotopic (exact) mass is 357 g/mol. The summed E-state index contributed by atoms with van der Waals surface area (Å²) in [7, 11) is 0. The molecule has 0 aliphatic rings. The van der Waals surface area contributed by atoms with E-state index in [0.717, 1.165) is 4.47 Å². The van der Waals surface area contributed by atoms with E-state index in [2.05, 4.69) is 15.9 Å². The van der Waals surface area contributed by atoms with Gasteiger partial charge in [-0.15, -0.1) is 0 Å². The third-order valence-corrected chi connectivity index (χ3v) is 3.75. The molecule has 0 radical (unpaired) electrons. The van der Waals surface area contributed by atoms with Gasteiger partial charge in [-0.2, -0.15) is 0 Å². The van der Waals surface area contributed by atoms with Crippen LogP contribution in [0.2, 0.25) is 5.02 Å². The van der Waals surface area contributed by atoms with Crippen LogP contribution < -0.4 is 10.5 Å². The number of benzene rings is 2. The first kappa shape index (κ1) is 15.3. The zero-order valence-corrected chi connectivity index (χ0v) is 13.4. The Labute approximate surface area is 130 Å². The van der Waals surface area contributed by atoms with E-state index in [9.17, 15) is 4.39 Å². The van der Waals surface area contributed by atoms with Gasteiger partial charge in [-0.25, -0.2) is 4.39 Å². The fourth-order valence-electron chi connectivity index (χ4n) is 1.79. The van der Waals surface area contributed by atoms with Gasteiger partial charge in [0.05, 0.1) is 4.47 Å². The van der Waals surface area contributed by atoms with Crippen LogP contribution in [0, 0.1) is 12.7 Å². The second kappa shape index (κ2) is 6.12. The molecule has 2 aromatic carbocycles. The van der Waals surface area contributed by atoms with Gasteiger partial charge < -0.3 is 10.5 Å². The molecular weight excluding hydrogens is 345 g/mol. The van der Waals surface area contributed by atoms with Crippen LogP contribution in [0.3, 0.4) is 0 Å². The van der Waals surface area contributed by atoms with Crippen LogP contribution in [-0.4, -0.2) is 0 Å². The van der Waals surface area contributed by atoms with Crippen molar-refractivity contribution in [2.24, 2.45) is 5.73 Å². The Bertz CT molecular complexity index is 646. The normalized spacial score (nSPS) is 12.3. The maximum absolute atomic E-state index is 13.7. The molecule has 0 heterocycles. The first-order valence-electron chi connectivity index (χ1n) is 6.07. The number of nitrogens with two attached hydrogens (primary N) is 1. The van der Waals surface area contributed by atoms with Crippen LogP contribution in [0.4, 0.5) is 4.39 Å². The summed E-state index contributed by atoms with van der Waals surface area (Å²) in [5.74, 6) is 0.851. The van der Waals surface area contributed by atoms with Crippen LogP contribution >= 0.6 is 27.5 Å². The van der Waals surface area contributed by atoms with E-state index in [1.165, 1.54) is 6.07 Å². The third-order valence-electron chi connectivity index (χ3n) is 2.90. The van der Waals surface area contributed by atoms with Gasteiger partial charge in [-0.3, -0.25) is 0 Å². The maximum atomic E-state index is 13.7. The molecule has 20 heavy (non-hydrogen) atoms. The van der Waals surface area contributed by atoms with E-state index in [4.69, 9.17) is 22.1 Å². The molecule has 0 amide bonds. The summed E-state index contributed by atoms with van der Waals surface area (Å²) < 4.78 is 20.2. The lowest BCUT2D eigenvalue weighted by atomic mass is 10.1. The summed E-state index contributed by atoms with van der Waals surface area (Å²) >= 11 is 9.28. The molecule has 0 aliphatic heterocycles. The van der Waals surface area contributed by atoms with E-state index >= 15 is 0 Å². The predicted octanol–water partition coefficient (Wildman–Crippen LogP) is 5.36. The summed E-state index contributed by atoms with van der Waals surface area (Å²) in [4.78, 5) is 0. The van der Waals surface area contributed by atoms with Crippen LogP contribution in [0.15, 0.2) is 34.8 Å². The van der Waals surface area contributed by atoms with Crippen molar-refractivity contribution >= 4 is 27.5 Å². The van der Waals surface area contributed by atoms with Crippen LogP contribution in [0.25, 0.3) is 0 Å². The van der Waals surface area contributed by atoms with E-state index in [-0.39, 0.29) is 11.9 Å². The highest BCUT2D eigenvalue weighted by Gasteiger charge is 2.14. The number of rotatable bonds is 3. The molecule has 0 aliphatic carbocycles. The molecule has 2 nitrogen and oxygen atoms in total. The topological polar surface area (TPSA) is 35.2 Å². The van der Waals surface area contributed by atoms with Crippen LogP contribution in [-0.2, 0) is 0 Å². The van der Waals surface area contributed by atoms with Crippen molar-refractivity contribution in [2.75, 3.05) is 0 Å². The minimum atomic E-state index is -0.328. The molecule has 2 N–H and O–H groups in total. The van der Waals surface area contributed by atoms with Gasteiger partial charge >= 0.3 is 0 Å². The van der Waals surface area contributed by atoms with Gasteiger partial charge in [0.1, 0.15) is 17.3 Å². The average Bonchev–Trinajstić information content (AvgIpc) is 2.36. The Morgan fingerprint density at radius 2 is 1.95 bits per heavy atom. The predicted molar refractivity (Wildman–Crippen MR) is 83.0 cm³/mol.